The van der Waals surface area contributed by atoms with Gasteiger partial charge in [-0.3, -0.25) is 0 Å². The van der Waals surface area contributed by atoms with Crippen molar-refractivity contribution in [2.24, 2.45) is 15.9 Å². The van der Waals surface area contributed by atoms with Gasteiger partial charge in [0, 0.05) is 0 Å². The maximum atomic E-state index is 5.22. The van der Waals surface area contributed by atoms with E-state index in [-0.39, 0.29) is 12.1 Å². The smallest absolute Gasteiger partial charge is 0.209 e. The highest BCUT2D eigenvalue weighted by molar-refractivity contribution is 5.93. The Morgan fingerprint density at radius 3 is 2.07 bits per heavy atom. The van der Waals surface area contributed by atoms with Crippen LogP contribution in [-0.2, 0) is 9.47 Å². The molecule has 14 heavy (non-hydrogen) atoms. The van der Waals surface area contributed by atoms with Crippen LogP contribution in [-0.4, -0.2) is 38.1 Å². The molecule has 0 fully saturated rings. The van der Waals surface area contributed by atoms with Crippen molar-refractivity contribution in [3.63, 3.8) is 0 Å². The van der Waals surface area contributed by atoms with Crippen molar-refractivity contribution in [2.45, 2.75) is 32.9 Å². The first kappa shape index (κ1) is 11.0. The first-order valence-electron chi connectivity index (χ1n) is 4.83. The summed E-state index contributed by atoms with van der Waals surface area (Å²) in [5.41, 5.74) is 0. The van der Waals surface area contributed by atoms with E-state index >= 15 is 0 Å². The zero-order valence-corrected chi connectivity index (χ0v) is 9.44. The molecule has 0 radical (unpaired) electrons. The van der Waals surface area contributed by atoms with Gasteiger partial charge in [-0.1, -0.05) is 13.8 Å². The molecule has 0 N–H and O–H groups in total. The van der Waals surface area contributed by atoms with Crippen LogP contribution in [0.2, 0.25) is 0 Å². The minimum atomic E-state index is -0.0371. The maximum absolute atomic E-state index is 5.22. The van der Waals surface area contributed by atoms with Crippen molar-refractivity contribution in [1.29, 1.82) is 0 Å². The van der Waals surface area contributed by atoms with E-state index in [4.69, 9.17) is 9.47 Å². The Balaban J connectivity index is 2.91. The van der Waals surface area contributed by atoms with Gasteiger partial charge < -0.3 is 9.47 Å². The van der Waals surface area contributed by atoms with E-state index in [1.807, 2.05) is 6.92 Å². The Bertz CT molecular complexity index is 259. The molecule has 0 saturated carbocycles. The lowest BCUT2D eigenvalue weighted by atomic mass is 10.0. The second-order valence-electron chi connectivity index (χ2n) is 3.71. The Morgan fingerprint density at radius 1 is 1.07 bits per heavy atom. The fraction of sp³-hybridized carbons (Fsp3) is 0.800. The van der Waals surface area contributed by atoms with Gasteiger partial charge in [-0.2, -0.15) is 0 Å². The molecule has 80 valence electrons. The minimum Gasteiger partial charge on any atom is -0.483 e. The van der Waals surface area contributed by atoms with Crippen LogP contribution < -0.4 is 0 Å². The predicted molar refractivity (Wildman–Crippen MR) is 57.0 cm³/mol. The summed E-state index contributed by atoms with van der Waals surface area (Å²) in [6.07, 6.45) is 0. The van der Waals surface area contributed by atoms with Gasteiger partial charge in [0.05, 0.1) is 14.2 Å². The maximum Gasteiger partial charge on any atom is 0.209 e. The largest absolute Gasteiger partial charge is 0.483 e. The van der Waals surface area contributed by atoms with Crippen LogP contribution in [0.25, 0.3) is 0 Å². The zero-order valence-electron chi connectivity index (χ0n) is 9.44. The molecule has 0 amide bonds. The summed E-state index contributed by atoms with van der Waals surface area (Å²) >= 11 is 0. The van der Waals surface area contributed by atoms with Crippen molar-refractivity contribution < 1.29 is 9.47 Å². The van der Waals surface area contributed by atoms with Gasteiger partial charge in [0.15, 0.2) is 0 Å². The van der Waals surface area contributed by atoms with Crippen LogP contribution in [0.4, 0.5) is 0 Å². The van der Waals surface area contributed by atoms with E-state index in [1.165, 1.54) is 0 Å². The van der Waals surface area contributed by atoms with Crippen molar-refractivity contribution >= 4 is 11.8 Å². The SMILES string of the molecule is COC1=N[C@H](C(C)C)C(OC)=N[C@H]1C. The third-order valence-electron chi connectivity index (χ3n) is 2.25. The van der Waals surface area contributed by atoms with Crippen LogP contribution in [0.3, 0.4) is 0 Å². The Morgan fingerprint density at radius 2 is 1.64 bits per heavy atom. The Kier molecular flexibility index (Phi) is 3.49. The molecule has 0 saturated heterocycles. The monoisotopic (exact) mass is 198 g/mol. The summed E-state index contributed by atoms with van der Waals surface area (Å²) in [5, 5.41) is 0. The number of ether oxygens (including phenoxy) is 2. The van der Waals surface area contributed by atoms with Crippen molar-refractivity contribution in [3.8, 4) is 0 Å². The van der Waals surface area contributed by atoms with E-state index in [0.717, 1.165) is 0 Å². The molecule has 4 nitrogen and oxygen atoms in total. The third kappa shape index (κ3) is 2.05. The van der Waals surface area contributed by atoms with Gasteiger partial charge >= 0.3 is 0 Å². The number of nitrogens with zero attached hydrogens (tertiary/aromatic N) is 2. The van der Waals surface area contributed by atoms with Gasteiger partial charge in [0.2, 0.25) is 11.8 Å². The lowest BCUT2D eigenvalue weighted by Gasteiger charge is -2.25. The summed E-state index contributed by atoms with van der Waals surface area (Å²) < 4.78 is 10.4. The lowest BCUT2D eigenvalue weighted by molar-refractivity contribution is 0.335. The van der Waals surface area contributed by atoms with Gasteiger partial charge in [-0.25, -0.2) is 9.98 Å². The molecule has 0 spiro atoms. The third-order valence-corrected chi connectivity index (χ3v) is 2.25. The molecule has 0 aromatic carbocycles. The first-order chi connectivity index (χ1) is 6.60. The number of hydrogen-bond acceptors (Lipinski definition) is 4. The van der Waals surface area contributed by atoms with Crippen molar-refractivity contribution in [1.82, 2.24) is 0 Å². The summed E-state index contributed by atoms with van der Waals surface area (Å²) in [6.45, 7) is 6.12. The minimum absolute atomic E-state index is 0.00819. The molecule has 1 rings (SSSR count). The highest BCUT2D eigenvalue weighted by atomic mass is 16.5. The van der Waals surface area contributed by atoms with Crippen LogP contribution >= 0.6 is 0 Å². The molecular formula is C10H18N2O2. The summed E-state index contributed by atoms with van der Waals surface area (Å²) in [6, 6.07) is -0.0453. The predicted octanol–water partition coefficient (Wildman–Crippen LogP) is 1.50. The quantitative estimate of drug-likeness (QED) is 0.641. The summed E-state index contributed by atoms with van der Waals surface area (Å²) in [5.74, 6) is 1.75. The van der Waals surface area contributed by atoms with E-state index in [0.29, 0.717) is 17.7 Å². The molecule has 0 aromatic heterocycles. The fourth-order valence-electron chi connectivity index (χ4n) is 1.45. The van der Waals surface area contributed by atoms with Gasteiger partial charge in [-0.15, -0.1) is 0 Å². The van der Waals surface area contributed by atoms with E-state index in [9.17, 15) is 0 Å². The highest BCUT2D eigenvalue weighted by Gasteiger charge is 2.28. The van der Waals surface area contributed by atoms with Gasteiger partial charge in [-0.05, 0) is 12.8 Å². The molecule has 1 aliphatic rings. The average molecular weight is 198 g/mol. The fourth-order valence-corrected chi connectivity index (χ4v) is 1.45. The van der Waals surface area contributed by atoms with E-state index < -0.39 is 0 Å². The Labute approximate surface area is 85.0 Å². The zero-order chi connectivity index (χ0) is 10.7. The summed E-state index contributed by atoms with van der Waals surface area (Å²) in [4.78, 5) is 8.87. The topological polar surface area (TPSA) is 43.2 Å². The van der Waals surface area contributed by atoms with Crippen LogP contribution in [0.5, 0.6) is 0 Å². The number of rotatable bonds is 1. The van der Waals surface area contributed by atoms with Crippen LogP contribution in [0, 0.1) is 5.92 Å². The molecule has 0 unspecified atom stereocenters. The molecule has 0 aromatic rings. The lowest BCUT2D eigenvalue weighted by Crippen LogP contribution is -2.36. The molecule has 0 bridgehead atoms. The number of hydrogen-bond donors (Lipinski definition) is 0. The van der Waals surface area contributed by atoms with Gasteiger partial charge in [0.25, 0.3) is 0 Å². The number of aliphatic imine (C=N–C) groups is 2. The molecule has 2 atom stereocenters. The van der Waals surface area contributed by atoms with Crippen LogP contribution in [0.15, 0.2) is 9.98 Å². The van der Waals surface area contributed by atoms with E-state index in [2.05, 4.69) is 23.8 Å². The molecule has 1 heterocycles. The molecular weight excluding hydrogens is 180 g/mol. The van der Waals surface area contributed by atoms with E-state index in [1.54, 1.807) is 14.2 Å². The number of methoxy groups -OCH3 is 2. The first-order valence-corrected chi connectivity index (χ1v) is 4.83. The Hall–Kier alpha value is -1.06. The molecule has 1 aliphatic heterocycles. The van der Waals surface area contributed by atoms with Crippen molar-refractivity contribution in [2.75, 3.05) is 14.2 Å². The summed E-state index contributed by atoms with van der Waals surface area (Å²) in [7, 11) is 3.26. The van der Waals surface area contributed by atoms with Crippen molar-refractivity contribution in [3.05, 3.63) is 0 Å². The van der Waals surface area contributed by atoms with Crippen LogP contribution in [0.1, 0.15) is 20.8 Å². The standard InChI is InChI=1S/C10H18N2O2/c1-6(2)8-10(14-5)11-7(3)9(12-8)13-4/h6-8H,1-5H3/t7-,8+/m0/s1. The van der Waals surface area contributed by atoms with Gasteiger partial charge in [0.1, 0.15) is 12.1 Å². The second-order valence-corrected chi connectivity index (χ2v) is 3.71. The molecule has 0 aliphatic carbocycles. The molecule has 4 heteroatoms. The normalized spacial score (nSPS) is 27.0. The average Bonchev–Trinajstić information content (AvgIpc) is 2.16. The highest BCUT2D eigenvalue weighted by Crippen LogP contribution is 2.16. The second kappa shape index (κ2) is 4.44.